The minimum Gasteiger partial charge on any atom is -0.478 e. The lowest BCUT2D eigenvalue weighted by atomic mass is 10.1. The van der Waals surface area contributed by atoms with Gasteiger partial charge in [-0.1, -0.05) is 6.07 Å². The van der Waals surface area contributed by atoms with Crippen molar-refractivity contribution >= 4 is 5.97 Å². The molecule has 1 saturated heterocycles. The lowest BCUT2D eigenvalue weighted by Crippen LogP contribution is -2.18. The molecule has 0 aliphatic carbocycles. The Labute approximate surface area is 111 Å². The second-order valence-corrected chi connectivity index (χ2v) is 4.81. The summed E-state index contributed by atoms with van der Waals surface area (Å²) >= 11 is 0. The largest absolute Gasteiger partial charge is 0.478 e. The molecule has 1 unspecified atom stereocenters. The van der Waals surface area contributed by atoms with Crippen molar-refractivity contribution in [2.24, 2.45) is 5.92 Å². The number of ether oxygens (including phenoxy) is 1. The lowest BCUT2D eigenvalue weighted by Gasteiger charge is -2.09. The highest BCUT2D eigenvalue weighted by Crippen LogP contribution is 2.15. The SMILES string of the molecule is O=C(O)c1ccc(CNCCC2CCOC2)cc1F. The van der Waals surface area contributed by atoms with Crippen LogP contribution in [0.2, 0.25) is 0 Å². The van der Waals surface area contributed by atoms with Crippen molar-refractivity contribution in [3.63, 3.8) is 0 Å². The topological polar surface area (TPSA) is 58.6 Å². The van der Waals surface area contributed by atoms with E-state index >= 15 is 0 Å². The van der Waals surface area contributed by atoms with Crippen LogP contribution in [0.3, 0.4) is 0 Å². The molecule has 2 N–H and O–H groups in total. The number of benzene rings is 1. The van der Waals surface area contributed by atoms with E-state index in [1.807, 2.05) is 0 Å². The Morgan fingerprint density at radius 2 is 2.37 bits per heavy atom. The van der Waals surface area contributed by atoms with Gasteiger partial charge in [0.15, 0.2) is 0 Å². The zero-order valence-electron chi connectivity index (χ0n) is 10.7. The smallest absolute Gasteiger partial charge is 0.338 e. The average molecular weight is 267 g/mol. The highest BCUT2D eigenvalue weighted by atomic mass is 19.1. The molecule has 5 heteroatoms. The predicted molar refractivity (Wildman–Crippen MR) is 68.6 cm³/mol. The maximum atomic E-state index is 13.4. The molecule has 0 aromatic heterocycles. The van der Waals surface area contributed by atoms with Gasteiger partial charge in [0, 0.05) is 19.8 Å². The van der Waals surface area contributed by atoms with Gasteiger partial charge in [-0.15, -0.1) is 0 Å². The molecule has 4 nitrogen and oxygen atoms in total. The third-order valence-electron chi connectivity index (χ3n) is 3.35. The predicted octanol–water partition coefficient (Wildman–Crippen LogP) is 2.04. The van der Waals surface area contributed by atoms with E-state index < -0.39 is 11.8 Å². The summed E-state index contributed by atoms with van der Waals surface area (Å²) in [4.78, 5) is 10.7. The zero-order valence-corrected chi connectivity index (χ0v) is 10.7. The fourth-order valence-electron chi connectivity index (χ4n) is 2.19. The molecule has 1 aliphatic rings. The second-order valence-electron chi connectivity index (χ2n) is 4.81. The number of nitrogens with one attached hydrogen (secondary N) is 1. The van der Waals surface area contributed by atoms with Gasteiger partial charge in [0.1, 0.15) is 5.82 Å². The molecule has 0 radical (unpaired) electrons. The van der Waals surface area contributed by atoms with Crippen molar-refractivity contribution < 1.29 is 19.0 Å². The van der Waals surface area contributed by atoms with Gasteiger partial charge in [-0.3, -0.25) is 0 Å². The third kappa shape index (κ3) is 4.01. The van der Waals surface area contributed by atoms with E-state index in [4.69, 9.17) is 9.84 Å². The fraction of sp³-hybridized carbons (Fsp3) is 0.500. The number of aromatic carboxylic acids is 1. The summed E-state index contributed by atoms with van der Waals surface area (Å²) < 4.78 is 18.7. The van der Waals surface area contributed by atoms with Crippen molar-refractivity contribution in [3.05, 3.63) is 35.1 Å². The van der Waals surface area contributed by atoms with Crippen LogP contribution in [-0.2, 0) is 11.3 Å². The quantitative estimate of drug-likeness (QED) is 0.774. The van der Waals surface area contributed by atoms with E-state index in [0.717, 1.165) is 38.2 Å². The Balaban J connectivity index is 1.76. The normalized spacial score (nSPS) is 18.7. The number of rotatable bonds is 6. The summed E-state index contributed by atoms with van der Waals surface area (Å²) in [7, 11) is 0. The first-order valence-corrected chi connectivity index (χ1v) is 6.47. The highest BCUT2D eigenvalue weighted by molar-refractivity contribution is 5.87. The molecule has 1 aliphatic heterocycles. The van der Waals surface area contributed by atoms with Gasteiger partial charge in [-0.2, -0.15) is 0 Å². The van der Waals surface area contributed by atoms with E-state index in [1.54, 1.807) is 6.07 Å². The molecular formula is C14H18FNO3. The first kappa shape index (κ1) is 14.0. The van der Waals surface area contributed by atoms with Crippen LogP contribution in [0.4, 0.5) is 4.39 Å². The van der Waals surface area contributed by atoms with E-state index in [1.165, 1.54) is 12.1 Å². The molecule has 1 atom stereocenters. The van der Waals surface area contributed by atoms with Gasteiger partial charge in [0.25, 0.3) is 0 Å². The van der Waals surface area contributed by atoms with Crippen LogP contribution in [0.15, 0.2) is 18.2 Å². The molecule has 0 bridgehead atoms. The Hall–Kier alpha value is -1.46. The van der Waals surface area contributed by atoms with Gasteiger partial charge in [0.2, 0.25) is 0 Å². The molecule has 1 aromatic rings. The van der Waals surface area contributed by atoms with Crippen molar-refractivity contribution in [2.75, 3.05) is 19.8 Å². The molecule has 104 valence electrons. The molecule has 1 heterocycles. The summed E-state index contributed by atoms with van der Waals surface area (Å²) in [6.07, 6.45) is 2.17. The van der Waals surface area contributed by atoms with Gasteiger partial charge in [-0.25, -0.2) is 9.18 Å². The van der Waals surface area contributed by atoms with Gasteiger partial charge in [0.05, 0.1) is 5.56 Å². The van der Waals surface area contributed by atoms with E-state index in [0.29, 0.717) is 12.5 Å². The van der Waals surface area contributed by atoms with Crippen LogP contribution >= 0.6 is 0 Å². The minimum absolute atomic E-state index is 0.285. The minimum atomic E-state index is -1.24. The summed E-state index contributed by atoms with van der Waals surface area (Å²) in [6, 6.07) is 4.22. The molecule has 0 amide bonds. The summed E-state index contributed by atoms with van der Waals surface area (Å²) in [5, 5.41) is 12.0. The van der Waals surface area contributed by atoms with Crippen LogP contribution < -0.4 is 5.32 Å². The van der Waals surface area contributed by atoms with Gasteiger partial charge < -0.3 is 15.2 Å². The van der Waals surface area contributed by atoms with Crippen molar-refractivity contribution in [2.45, 2.75) is 19.4 Å². The molecule has 19 heavy (non-hydrogen) atoms. The Morgan fingerprint density at radius 1 is 1.53 bits per heavy atom. The van der Waals surface area contributed by atoms with Crippen molar-refractivity contribution in [3.8, 4) is 0 Å². The molecule has 0 spiro atoms. The number of carboxylic acids is 1. The molecule has 1 aromatic carbocycles. The number of hydrogen-bond donors (Lipinski definition) is 2. The number of carbonyl (C=O) groups is 1. The number of hydrogen-bond acceptors (Lipinski definition) is 3. The van der Waals surface area contributed by atoms with Crippen LogP contribution in [0.5, 0.6) is 0 Å². The average Bonchev–Trinajstić information content (AvgIpc) is 2.87. The standard InChI is InChI=1S/C14H18FNO3/c15-13-7-11(1-2-12(13)14(17)18)8-16-5-3-10-4-6-19-9-10/h1-2,7,10,16H,3-6,8-9H2,(H,17,18). The van der Waals surface area contributed by atoms with E-state index in [9.17, 15) is 9.18 Å². The van der Waals surface area contributed by atoms with Gasteiger partial charge in [-0.05, 0) is 43.0 Å². The summed E-state index contributed by atoms with van der Waals surface area (Å²) in [5.74, 6) is -1.30. The first-order chi connectivity index (χ1) is 9.16. The van der Waals surface area contributed by atoms with Crippen molar-refractivity contribution in [1.29, 1.82) is 0 Å². The Kier molecular flexibility index (Phi) is 4.87. The Bertz CT molecular complexity index is 444. The van der Waals surface area contributed by atoms with E-state index in [2.05, 4.69) is 5.32 Å². The van der Waals surface area contributed by atoms with Crippen LogP contribution in [-0.4, -0.2) is 30.8 Å². The molecular weight excluding hydrogens is 249 g/mol. The maximum absolute atomic E-state index is 13.4. The summed E-state index contributed by atoms with van der Waals surface area (Å²) in [5.41, 5.74) is 0.469. The first-order valence-electron chi connectivity index (χ1n) is 6.47. The fourth-order valence-corrected chi connectivity index (χ4v) is 2.19. The molecule has 0 saturated carbocycles. The van der Waals surface area contributed by atoms with Crippen LogP contribution in [0, 0.1) is 11.7 Å². The van der Waals surface area contributed by atoms with Crippen molar-refractivity contribution in [1.82, 2.24) is 5.32 Å². The highest BCUT2D eigenvalue weighted by Gasteiger charge is 2.14. The maximum Gasteiger partial charge on any atom is 0.338 e. The van der Waals surface area contributed by atoms with Crippen LogP contribution in [0.1, 0.15) is 28.8 Å². The van der Waals surface area contributed by atoms with Gasteiger partial charge >= 0.3 is 5.97 Å². The lowest BCUT2D eigenvalue weighted by molar-refractivity contribution is 0.0692. The molecule has 1 fully saturated rings. The second kappa shape index (κ2) is 6.63. The molecule has 2 rings (SSSR count). The Morgan fingerprint density at radius 3 is 3.00 bits per heavy atom. The number of carboxylic acid groups (broad SMARTS) is 1. The van der Waals surface area contributed by atoms with E-state index in [-0.39, 0.29) is 5.56 Å². The summed E-state index contributed by atoms with van der Waals surface area (Å²) in [6.45, 7) is 3.09. The third-order valence-corrected chi connectivity index (χ3v) is 3.35. The zero-order chi connectivity index (χ0) is 13.7. The number of halogens is 1. The monoisotopic (exact) mass is 267 g/mol. The van der Waals surface area contributed by atoms with Crippen LogP contribution in [0.25, 0.3) is 0 Å².